The average molecular weight is 237 g/mol. The zero-order chi connectivity index (χ0) is 12.5. The highest BCUT2D eigenvalue weighted by molar-refractivity contribution is 5.23. The van der Waals surface area contributed by atoms with Crippen molar-refractivity contribution in [1.82, 2.24) is 15.3 Å². The van der Waals surface area contributed by atoms with Crippen molar-refractivity contribution in [3.63, 3.8) is 0 Å². The minimum absolute atomic E-state index is 0.0742. The molecule has 0 saturated carbocycles. The normalized spacial score (nSPS) is 21.8. The average Bonchev–Trinajstić information content (AvgIpc) is 2.74. The quantitative estimate of drug-likeness (QED) is 0.826. The third-order valence-electron chi connectivity index (χ3n) is 3.09. The van der Waals surface area contributed by atoms with Crippen LogP contribution in [0.15, 0.2) is 0 Å². The summed E-state index contributed by atoms with van der Waals surface area (Å²) in [6.07, 6.45) is 1.06. The number of H-pyrrole nitrogens is 1. The number of aromatic nitrogens is 2. The van der Waals surface area contributed by atoms with Crippen LogP contribution >= 0.6 is 0 Å². The Bertz CT molecular complexity index is 373. The molecule has 1 unspecified atom stereocenters. The lowest BCUT2D eigenvalue weighted by molar-refractivity contribution is 0.0225. The Morgan fingerprint density at radius 1 is 1.41 bits per heavy atom. The van der Waals surface area contributed by atoms with Gasteiger partial charge in [0.2, 0.25) is 0 Å². The van der Waals surface area contributed by atoms with Crippen LogP contribution in [0, 0.1) is 0 Å². The first-order valence-corrected chi connectivity index (χ1v) is 6.44. The van der Waals surface area contributed by atoms with Crippen LogP contribution in [0.3, 0.4) is 0 Å². The number of rotatable bonds is 2. The Hall–Kier alpha value is -0.870. The number of hydrogen-bond donors (Lipinski definition) is 2. The molecule has 1 aliphatic rings. The number of aromatic amines is 1. The number of morpholine rings is 1. The van der Waals surface area contributed by atoms with E-state index in [1.165, 1.54) is 11.4 Å². The van der Waals surface area contributed by atoms with Gasteiger partial charge in [-0.3, -0.25) is 0 Å². The summed E-state index contributed by atoms with van der Waals surface area (Å²) in [4.78, 5) is 8.19. The number of imidazole rings is 1. The molecule has 0 amide bonds. The fraction of sp³-hybridized carbons (Fsp3) is 0.769. The van der Waals surface area contributed by atoms with Crippen molar-refractivity contribution in [2.75, 3.05) is 19.7 Å². The molecule has 0 radical (unpaired) electrons. The van der Waals surface area contributed by atoms with Crippen LogP contribution in [0.1, 0.15) is 51.0 Å². The molecule has 1 aliphatic heterocycles. The lowest BCUT2D eigenvalue weighted by Gasteiger charge is -2.22. The highest BCUT2D eigenvalue weighted by Crippen LogP contribution is 2.27. The molecule has 1 aromatic heterocycles. The van der Waals surface area contributed by atoms with Crippen LogP contribution in [-0.2, 0) is 16.6 Å². The monoisotopic (exact) mass is 237 g/mol. The molecule has 96 valence electrons. The predicted molar refractivity (Wildman–Crippen MR) is 68.2 cm³/mol. The minimum atomic E-state index is 0.0742. The van der Waals surface area contributed by atoms with E-state index in [2.05, 4.69) is 38.0 Å². The van der Waals surface area contributed by atoms with Gasteiger partial charge < -0.3 is 15.0 Å². The van der Waals surface area contributed by atoms with Crippen molar-refractivity contribution in [2.45, 2.75) is 45.6 Å². The first-order chi connectivity index (χ1) is 8.02. The Morgan fingerprint density at radius 3 is 2.65 bits per heavy atom. The second-order valence-corrected chi connectivity index (χ2v) is 5.62. The van der Waals surface area contributed by atoms with Crippen LogP contribution in [0.2, 0.25) is 0 Å². The van der Waals surface area contributed by atoms with E-state index in [-0.39, 0.29) is 11.5 Å². The highest BCUT2D eigenvalue weighted by Gasteiger charge is 2.26. The summed E-state index contributed by atoms with van der Waals surface area (Å²) in [5.74, 6) is 0.971. The topological polar surface area (TPSA) is 49.9 Å². The van der Waals surface area contributed by atoms with E-state index >= 15 is 0 Å². The molecular formula is C13H23N3O. The molecule has 2 heterocycles. The molecule has 1 aromatic rings. The molecule has 1 saturated heterocycles. The summed E-state index contributed by atoms with van der Waals surface area (Å²) in [6.45, 7) is 11.3. The Kier molecular flexibility index (Phi) is 3.54. The molecule has 0 aliphatic carbocycles. The van der Waals surface area contributed by atoms with Crippen molar-refractivity contribution in [3.05, 3.63) is 17.2 Å². The maximum absolute atomic E-state index is 5.73. The number of ether oxygens (including phenoxy) is 1. The van der Waals surface area contributed by atoms with Crippen LogP contribution in [-0.4, -0.2) is 29.7 Å². The fourth-order valence-corrected chi connectivity index (χ4v) is 2.20. The fourth-order valence-electron chi connectivity index (χ4n) is 2.20. The maximum Gasteiger partial charge on any atom is 0.137 e. The molecule has 4 nitrogen and oxygen atoms in total. The Labute approximate surface area is 103 Å². The van der Waals surface area contributed by atoms with E-state index in [0.29, 0.717) is 0 Å². The van der Waals surface area contributed by atoms with E-state index in [4.69, 9.17) is 9.72 Å². The van der Waals surface area contributed by atoms with E-state index in [0.717, 1.165) is 31.9 Å². The molecule has 1 fully saturated rings. The van der Waals surface area contributed by atoms with Gasteiger partial charge in [0, 0.05) is 24.2 Å². The lowest BCUT2D eigenvalue weighted by atomic mass is 9.90. The van der Waals surface area contributed by atoms with Gasteiger partial charge in [-0.25, -0.2) is 4.98 Å². The van der Waals surface area contributed by atoms with Crippen LogP contribution < -0.4 is 5.32 Å². The van der Waals surface area contributed by atoms with Gasteiger partial charge in [0.25, 0.3) is 0 Å². The number of nitrogens with zero attached hydrogens (tertiary/aromatic N) is 1. The van der Waals surface area contributed by atoms with Gasteiger partial charge in [-0.2, -0.15) is 0 Å². The van der Waals surface area contributed by atoms with Gasteiger partial charge in [-0.1, -0.05) is 27.7 Å². The zero-order valence-electron chi connectivity index (χ0n) is 11.3. The van der Waals surface area contributed by atoms with E-state index in [1.807, 2.05) is 0 Å². The number of aryl methyl sites for hydroxylation is 1. The second kappa shape index (κ2) is 4.78. The smallest absolute Gasteiger partial charge is 0.137 e. The molecule has 2 N–H and O–H groups in total. The lowest BCUT2D eigenvalue weighted by Crippen LogP contribution is -2.33. The van der Waals surface area contributed by atoms with Crippen molar-refractivity contribution in [3.8, 4) is 0 Å². The summed E-state index contributed by atoms with van der Waals surface area (Å²) in [5, 5.41) is 3.33. The Balaban J connectivity index is 2.27. The van der Waals surface area contributed by atoms with E-state index in [1.54, 1.807) is 0 Å². The molecular weight excluding hydrogens is 214 g/mol. The summed E-state index contributed by atoms with van der Waals surface area (Å²) in [6, 6.07) is 0. The molecule has 2 rings (SSSR count). The summed E-state index contributed by atoms with van der Waals surface area (Å²) < 4.78 is 5.73. The Morgan fingerprint density at radius 2 is 2.18 bits per heavy atom. The third-order valence-corrected chi connectivity index (χ3v) is 3.09. The van der Waals surface area contributed by atoms with Gasteiger partial charge >= 0.3 is 0 Å². The van der Waals surface area contributed by atoms with Crippen molar-refractivity contribution in [2.24, 2.45) is 0 Å². The van der Waals surface area contributed by atoms with Gasteiger partial charge in [-0.05, 0) is 6.42 Å². The van der Waals surface area contributed by atoms with Gasteiger partial charge in [0.05, 0.1) is 12.3 Å². The molecule has 4 heteroatoms. The highest BCUT2D eigenvalue weighted by atomic mass is 16.5. The maximum atomic E-state index is 5.73. The standard InChI is InChI=1S/C13H23N3O/c1-5-9-11(13(2,3)4)16-12(15-9)10-8-14-6-7-17-10/h10,14H,5-8H2,1-4H3,(H,15,16). The van der Waals surface area contributed by atoms with E-state index in [9.17, 15) is 0 Å². The third kappa shape index (κ3) is 2.69. The summed E-state index contributed by atoms with van der Waals surface area (Å²) in [7, 11) is 0. The van der Waals surface area contributed by atoms with Crippen LogP contribution in [0.4, 0.5) is 0 Å². The van der Waals surface area contributed by atoms with Crippen molar-refractivity contribution >= 4 is 0 Å². The predicted octanol–water partition coefficient (Wildman–Crippen LogP) is 1.93. The summed E-state index contributed by atoms with van der Waals surface area (Å²) in [5.41, 5.74) is 2.49. The van der Waals surface area contributed by atoms with Crippen LogP contribution in [0.25, 0.3) is 0 Å². The van der Waals surface area contributed by atoms with Gasteiger partial charge in [-0.15, -0.1) is 0 Å². The number of nitrogens with one attached hydrogen (secondary N) is 2. The molecule has 0 spiro atoms. The molecule has 1 atom stereocenters. The largest absolute Gasteiger partial charge is 0.368 e. The van der Waals surface area contributed by atoms with Crippen molar-refractivity contribution < 1.29 is 4.74 Å². The first kappa shape index (κ1) is 12.6. The van der Waals surface area contributed by atoms with Gasteiger partial charge in [0.1, 0.15) is 11.9 Å². The summed E-state index contributed by atoms with van der Waals surface area (Å²) >= 11 is 0. The minimum Gasteiger partial charge on any atom is -0.368 e. The van der Waals surface area contributed by atoms with Crippen molar-refractivity contribution in [1.29, 1.82) is 0 Å². The SMILES string of the molecule is CCc1[nH]c(C2CNCCO2)nc1C(C)(C)C. The molecule has 0 aromatic carbocycles. The zero-order valence-corrected chi connectivity index (χ0v) is 11.3. The first-order valence-electron chi connectivity index (χ1n) is 6.44. The molecule has 17 heavy (non-hydrogen) atoms. The second-order valence-electron chi connectivity index (χ2n) is 5.62. The molecule has 0 bridgehead atoms. The number of hydrogen-bond acceptors (Lipinski definition) is 3. The van der Waals surface area contributed by atoms with Gasteiger partial charge in [0.15, 0.2) is 0 Å². The van der Waals surface area contributed by atoms with E-state index < -0.39 is 0 Å². The van der Waals surface area contributed by atoms with Crippen LogP contribution in [0.5, 0.6) is 0 Å².